The van der Waals surface area contributed by atoms with Gasteiger partial charge in [0.15, 0.2) is 5.41 Å². The normalized spacial score (nSPS) is 18.5. The number of likely N-dealkylation sites (N-methyl/N-ethyl adjacent to an activating group) is 1. The minimum absolute atomic E-state index is 0.0116. The Morgan fingerprint density at radius 2 is 1.76 bits per heavy atom. The monoisotopic (exact) mass is 560 g/mol. The molecule has 2 heterocycles. The summed E-state index contributed by atoms with van der Waals surface area (Å²) in [7, 11) is 3.35. The lowest BCUT2D eigenvalue weighted by Crippen LogP contribution is -2.53. The van der Waals surface area contributed by atoms with E-state index in [0.29, 0.717) is 23.4 Å². The van der Waals surface area contributed by atoms with Crippen molar-refractivity contribution < 1.29 is 27.5 Å². The van der Waals surface area contributed by atoms with Gasteiger partial charge in [0.25, 0.3) is 5.91 Å². The van der Waals surface area contributed by atoms with Gasteiger partial charge in [-0.05, 0) is 67.3 Å². The van der Waals surface area contributed by atoms with E-state index in [2.05, 4.69) is 5.10 Å². The largest absolute Gasteiger partial charge is 0.496 e. The molecule has 7 nitrogen and oxygen atoms in total. The highest BCUT2D eigenvalue weighted by molar-refractivity contribution is 6.27. The van der Waals surface area contributed by atoms with Crippen molar-refractivity contribution in [3.8, 4) is 16.9 Å². The summed E-state index contributed by atoms with van der Waals surface area (Å²) in [6.45, 7) is 1.91. The molecule has 0 saturated carbocycles. The van der Waals surface area contributed by atoms with Crippen LogP contribution < -0.4 is 14.5 Å². The zero-order chi connectivity index (χ0) is 29.1. The molecule has 1 atom stereocenters. The second-order valence-corrected chi connectivity index (χ2v) is 10.2. The molecular formula is C31H27F3N4O3. The van der Waals surface area contributed by atoms with E-state index < -0.39 is 29.0 Å². The van der Waals surface area contributed by atoms with Crippen LogP contribution in [0.4, 0.5) is 30.2 Å². The van der Waals surface area contributed by atoms with Crippen LogP contribution in [0, 0.1) is 0 Å². The third-order valence-electron chi connectivity index (χ3n) is 8.04. The van der Waals surface area contributed by atoms with Crippen LogP contribution in [0.5, 0.6) is 5.75 Å². The predicted octanol–water partition coefficient (Wildman–Crippen LogP) is 6.03. The number of hydrogen-bond donors (Lipinski definition) is 0. The van der Waals surface area contributed by atoms with Gasteiger partial charge >= 0.3 is 6.18 Å². The topological polar surface area (TPSA) is 67.7 Å². The van der Waals surface area contributed by atoms with Crippen LogP contribution in [0.25, 0.3) is 11.1 Å². The van der Waals surface area contributed by atoms with E-state index in [1.807, 2.05) is 6.20 Å². The van der Waals surface area contributed by atoms with Crippen molar-refractivity contribution in [3.63, 3.8) is 0 Å². The summed E-state index contributed by atoms with van der Waals surface area (Å²) in [5.41, 5.74) is 0.884. The molecule has 0 saturated heterocycles. The van der Waals surface area contributed by atoms with Crippen LogP contribution in [0.1, 0.15) is 30.0 Å². The molecule has 0 fully saturated rings. The molecule has 1 aliphatic carbocycles. The van der Waals surface area contributed by atoms with E-state index in [-0.39, 0.29) is 24.3 Å². The standard InChI is InChI=1S/C31H27F3N4O3/c1-4-37-24-12-10-20(31(32,33)34)16-25(24)38(21-8-6-5-7-9-21)29(40)30(28(37)39)15-14-22-23(30)11-13-26(41-3)27(22)19-17-35-36(2)18-19/h5-13,16-18H,4,14-15H2,1-3H3. The summed E-state index contributed by atoms with van der Waals surface area (Å²) < 4.78 is 49.1. The maximum absolute atomic E-state index is 14.9. The van der Waals surface area contributed by atoms with E-state index in [1.54, 1.807) is 74.4 Å². The number of aryl methyl sites for hydroxylation is 1. The number of carbonyl (C=O) groups is 2. The second kappa shape index (κ2) is 9.50. The van der Waals surface area contributed by atoms with Crippen molar-refractivity contribution >= 4 is 28.9 Å². The number of benzene rings is 3. The minimum Gasteiger partial charge on any atom is -0.496 e. The lowest BCUT2D eigenvalue weighted by atomic mass is 9.78. The summed E-state index contributed by atoms with van der Waals surface area (Å²) in [5, 5.41) is 4.29. The fraction of sp³-hybridized carbons (Fsp3) is 0.258. The lowest BCUT2D eigenvalue weighted by molar-refractivity contribution is -0.138. The smallest absolute Gasteiger partial charge is 0.416 e. The van der Waals surface area contributed by atoms with Gasteiger partial charge < -0.3 is 9.64 Å². The van der Waals surface area contributed by atoms with Crippen molar-refractivity contribution in [2.45, 2.75) is 31.4 Å². The molecule has 1 spiro atoms. The van der Waals surface area contributed by atoms with Gasteiger partial charge in [-0.15, -0.1) is 0 Å². The van der Waals surface area contributed by atoms with Crippen molar-refractivity contribution in [1.82, 2.24) is 9.78 Å². The van der Waals surface area contributed by atoms with Gasteiger partial charge in [-0.2, -0.15) is 18.3 Å². The van der Waals surface area contributed by atoms with Crippen molar-refractivity contribution in [2.24, 2.45) is 7.05 Å². The molecule has 6 rings (SSSR count). The molecule has 2 amide bonds. The molecule has 0 radical (unpaired) electrons. The number of rotatable bonds is 4. The molecular weight excluding hydrogens is 533 g/mol. The molecule has 4 aromatic rings. The Bertz CT molecular complexity index is 1680. The quantitative estimate of drug-likeness (QED) is 0.286. The van der Waals surface area contributed by atoms with Crippen LogP contribution in [0.2, 0.25) is 0 Å². The number of para-hydroxylation sites is 1. The minimum atomic E-state index is -4.64. The molecule has 2 aliphatic rings. The van der Waals surface area contributed by atoms with Gasteiger partial charge in [-0.3, -0.25) is 19.2 Å². The Morgan fingerprint density at radius 3 is 2.39 bits per heavy atom. The summed E-state index contributed by atoms with van der Waals surface area (Å²) in [5.74, 6) is -0.482. The number of fused-ring (bicyclic) bond motifs is 3. The Balaban J connectivity index is 1.65. The Kier molecular flexibility index (Phi) is 6.17. The lowest BCUT2D eigenvalue weighted by Gasteiger charge is -2.33. The number of amides is 2. The van der Waals surface area contributed by atoms with Gasteiger partial charge in [0, 0.05) is 36.6 Å². The average Bonchev–Trinajstić information content (AvgIpc) is 3.56. The summed E-state index contributed by atoms with van der Waals surface area (Å²) in [6, 6.07) is 15.2. The first-order valence-electron chi connectivity index (χ1n) is 13.2. The SMILES string of the molecule is CCN1C(=O)C2(CCc3c2ccc(OC)c3-c2cnn(C)c2)C(=O)N(c2ccccc2)c2cc(C(F)(F)F)ccc21. The van der Waals surface area contributed by atoms with Crippen LogP contribution in [-0.4, -0.2) is 35.2 Å². The third-order valence-corrected chi connectivity index (χ3v) is 8.04. The molecule has 0 bridgehead atoms. The Hall–Kier alpha value is -4.60. The average molecular weight is 561 g/mol. The van der Waals surface area contributed by atoms with Crippen LogP contribution >= 0.6 is 0 Å². The second-order valence-electron chi connectivity index (χ2n) is 10.2. The van der Waals surface area contributed by atoms with Crippen molar-refractivity contribution in [3.05, 3.63) is 89.7 Å². The zero-order valence-electron chi connectivity index (χ0n) is 22.7. The fourth-order valence-corrected chi connectivity index (χ4v) is 6.20. The number of carbonyl (C=O) groups excluding carboxylic acids is 2. The van der Waals surface area contributed by atoms with Crippen molar-refractivity contribution in [1.29, 1.82) is 0 Å². The number of methoxy groups -OCH3 is 1. The van der Waals surface area contributed by atoms with Crippen LogP contribution in [0.15, 0.2) is 73.1 Å². The maximum atomic E-state index is 14.9. The van der Waals surface area contributed by atoms with E-state index >= 15 is 0 Å². The number of ether oxygens (including phenoxy) is 1. The molecule has 0 N–H and O–H groups in total. The van der Waals surface area contributed by atoms with Gasteiger partial charge in [0.05, 0.1) is 30.2 Å². The van der Waals surface area contributed by atoms with Gasteiger partial charge in [0.1, 0.15) is 5.75 Å². The fourth-order valence-electron chi connectivity index (χ4n) is 6.20. The number of halogens is 3. The first-order chi connectivity index (χ1) is 19.6. The van der Waals surface area contributed by atoms with E-state index in [9.17, 15) is 22.8 Å². The number of hydrogen-bond acceptors (Lipinski definition) is 4. The molecule has 1 aliphatic heterocycles. The highest BCUT2D eigenvalue weighted by Crippen LogP contribution is 2.53. The number of alkyl halides is 3. The zero-order valence-corrected chi connectivity index (χ0v) is 22.7. The highest BCUT2D eigenvalue weighted by atomic mass is 19.4. The van der Waals surface area contributed by atoms with Gasteiger partial charge in [0.2, 0.25) is 5.91 Å². The summed E-state index contributed by atoms with van der Waals surface area (Å²) in [4.78, 5) is 32.2. The van der Waals surface area contributed by atoms with E-state index in [0.717, 1.165) is 28.8 Å². The molecule has 1 unspecified atom stereocenters. The van der Waals surface area contributed by atoms with E-state index in [1.165, 1.54) is 15.9 Å². The molecule has 1 aromatic heterocycles. The predicted molar refractivity (Wildman–Crippen MR) is 148 cm³/mol. The molecule has 210 valence electrons. The van der Waals surface area contributed by atoms with Gasteiger partial charge in [-0.1, -0.05) is 24.3 Å². The van der Waals surface area contributed by atoms with Crippen LogP contribution in [-0.2, 0) is 34.6 Å². The summed E-state index contributed by atoms with van der Waals surface area (Å²) >= 11 is 0. The Labute approximate surface area is 234 Å². The first-order valence-corrected chi connectivity index (χ1v) is 13.2. The third kappa shape index (κ3) is 3.92. The highest BCUT2D eigenvalue weighted by Gasteiger charge is 2.58. The van der Waals surface area contributed by atoms with Crippen LogP contribution in [0.3, 0.4) is 0 Å². The first kappa shape index (κ1) is 26.6. The van der Waals surface area contributed by atoms with E-state index in [4.69, 9.17) is 4.74 Å². The Morgan fingerprint density at radius 1 is 1.00 bits per heavy atom. The maximum Gasteiger partial charge on any atom is 0.416 e. The number of nitrogens with zero attached hydrogens (tertiary/aromatic N) is 4. The number of aromatic nitrogens is 2. The number of anilines is 3. The van der Waals surface area contributed by atoms with Crippen molar-refractivity contribution in [2.75, 3.05) is 23.5 Å². The molecule has 10 heteroatoms. The van der Waals surface area contributed by atoms with Gasteiger partial charge in [-0.25, -0.2) is 0 Å². The summed E-state index contributed by atoms with van der Waals surface area (Å²) in [6.07, 6.45) is -0.564. The molecule has 41 heavy (non-hydrogen) atoms. The molecule has 3 aromatic carbocycles.